The van der Waals surface area contributed by atoms with Gasteiger partial charge in [0.2, 0.25) is 6.29 Å². The van der Waals surface area contributed by atoms with Crippen molar-refractivity contribution in [2.45, 2.75) is 64.3 Å². The first-order chi connectivity index (χ1) is 10.4. The van der Waals surface area contributed by atoms with Crippen molar-refractivity contribution in [3.63, 3.8) is 0 Å². The molecule has 1 unspecified atom stereocenters. The third-order valence-corrected chi connectivity index (χ3v) is 3.64. The quantitative estimate of drug-likeness (QED) is 0.408. The Kier molecular flexibility index (Phi) is 8.06. The summed E-state index contributed by atoms with van der Waals surface area (Å²) in [5, 5.41) is 38.2. The molecule has 1 fully saturated rings. The van der Waals surface area contributed by atoms with Crippen LogP contribution in [0.2, 0.25) is 0 Å². The van der Waals surface area contributed by atoms with Gasteiger partial charge in [0.25, 0.3) is 0 Å². The Balaban J connectivity index is 2.45. The van der Waals surface area contributed by atoms with Crippen LogP contribution in [0.1, 0.15) is 33.6 Å². The van der Waals surface area contributed by atoms with Gasteiger partial charge in [0.1, 0.15) is 24.4 Å². The highest BCUT2D eigenvalue weighted by atomic mass is 16.7. The molecule has 0 aromatic rings. The molecule has 0 spiro atoms. The Bertz CT molecular complexity index is 375. The maximum atomic E-state index is 9.81. The molecule has 1 heterocycles. The number of allylic oxidation sites excluding steroid dienone is 3. The first-order valence-electron chi connectivity index (χ1n) is 7.62. The third kappa shape index (κ3) is 5.70. The summed E-state index contributed by atoms with van der Waals surface area (Å²) in [6, 6.07) is 0. The predicted octanol–water partition coefficient (Wildman–Crippen LogP) is 0.699. The zero-order chi connectivity index (χ0) is 16.7. The van der Waals surface area contributed by atoms with Crippen molar-refractivity contribution >= 4 is 0 Å². The predicted molar refractivity (Wildman–Crippen MR) is 81.8 cm³/mol. The molecule has 1 aliphatic rings. The van der Waals surface area contributed by atoms with Gasteiger partial charge in [0.15, 0.2) is 0 Å². The Morgan fingerprint density at radius 3 is 2.45 bits per heavy atom. The summed E-state index contributed by atoms with van der Waals surface area (Å²) in [4.78, 5) is 0. The molecule has 6 nitrogen and oxygen atoms in total. The van der Waals surface area contributed by atoms with Crippen molar-refractivity contribution in [3.8, 4) is 0 Å². The minimum atomic E-state index is -1.42. The van der Waals surface area contributed by atoms with Crippen LogP contribution in [0, 0.1) is 5.92 Å². The van der Waals surface area contributed by atoms with Crippen molar-refractivity contribution in [2.75, 3.05) is 6.61 Å². The Hall–Kier alpha value is -0.920. The zero-order valence-electron chi connectivity index (χ0n) is 13.4. The van der Waals surface area contributed by atoms with Crippen LogP contribution in [-0.2, 0) is 9.47 Å². The monoisotopic (exact) mass is 316 g/mol. The van der Waals surface area contributed by atoms with E-state index in [9.17, 15) is 15.3 Å². The fourth-order valence-electron chi connectivity index (χ4n) is 2.17. The smallest absolute Gasteiger partial charge is 0.228 e. The Morgan fingerprint density at radius 2 is 1.86 bits per heavy atom. The molecule has 0 aliphatic carbocycles. The Morgan fingerprint density at radius 1 is 1.18 bits per heavy atom. The van der Waals surface area contributed by atoms with Gasteiger partial charge in [-0.2, -0.15) is 0 Å². The van der Waals surface area contributed by atoms with Crippen molar-refractivity contribution in [1.29, 1.82) is 0 Å². The van der Waals surface area contributed by atoms with Crippen LogP contribution in [0.4, 0.5) is 0 Å². The molecule has 0 aromatic heterocycles. The number of hydrogen-bond donors (Lipinski definition) is 4. The van der Waals surface area contributed by atoms with Crippen LogP contribution >= 0.6 is 0 Å². The molecule has 1 saturated heterocycles. The standard InChI is InChI=1S/C16H28O6/c1-10(2)5-4-6-11(3)7-8-21-16-15(20)14(19)13(18)12(9-17)22-16/h5,7-8,11-20H,4,6,9H2,1-3H3/b8-7+/t11?,12-,13-,14+,15-,16-/m1/s1. The molecule has 6 heteroatoms. The van der Waals surface area contributed by atoms with Gasteiger partial charge in [-0.1, -0.05) is 18.6 Å². The second-order valence-electron chi connectivity index (χ2n) is 6.00. The number of aliphatic hydroxyl groups excluding tert-OH is 4. The molecule has 0 amide bonds. The van der Waals surface area contributed by atoms with E-state index in [1.54, 1.807) is 0 Å². The first kappa shape index (κ1) is 19.1. The topological polar surface area (TPSA) is 99.4 Å². The lowest BCUT2D eigenvalue weighted by Gasteiger charge is -2.39. The molecule has 4 N–H and O–H groups in total. The van der Waals surface area contributed by atoms with E-state index in [0.29, 0.717) is 5.92 Å². The lowest BCUT2D eigenvalue weighted by atomic mass is 9.99. The average Bonchev–Trinajstić information content (AvgIpc) is 2.47. The lowest BCUT2D eigenvalue weighted by Crippen LogP contribution is -2.58. The summed E-state index contributed by atoms with van der Waals surface area (Å²) >= 11 is 0. The number of ether oxygens (including phenoxy) is 2. The second kappa shape index (κ2) is 9.27. The van der Waals surface area contributed by atoms with Crippen molar-refractivity contribution < 1.29 is 29.9 Å². The summed E-state index contributed by atoms with van der Waals surface area (Å²) in [5.74, 6) is 0.292. The van der Waals surface area contributed by atoms with E-state index in [0.717, 1.165) is 12.8 Å². The highest BCUT2D eigenvalue weighted by Gasteiger charge is 2.44. The summed E-state index contributed by atoms with van der Waals surface area (Å²) in [5.41, 5.74) is 1.29. The van der Waals surface area contributed by atoms with Gasteiger partial charge in [-0.15, -0.1) is 0 Å². The Labute approximate surface area is 131 Å². The average molecular weight is 316 g/mol. The van der Waals surface area contributed by atoms with Crippen molar-refractivity contribution in [1.82, 2.24) is 0 Å². The minimum Gasteiger partial charge on any atom is -0.470 e. The minimum absolute atomic E-state index is 0.292. The SMILES string of the molecule is CC(C)=CCCC(C)/C=C/O[C@@H]1O[C@H](CO)[C@@H](O)[C@H](O)[C@H]1O. The van der Waals surface area contributed by atoms with Crippen LogP contribution < -0.4 is 0 Å². The van der Waals surface area contributed by atoms with Crippen LogP contribution in [0.3, 0.4) is 0 Å². The molecule has 0 radical (unpaired) electrons. The van der Waals surface area contributed by atoms with Gasteiger partial charge in [-0.25, -0.2) is 0 Å². The molecule has 1 aliphatic heterocycles. The van der Waals surface area contributed by atoms with Gasteiger partial charge in [0, 0.05) is 0 Å². The molecule has 0 saturated carbocycles. The summed E-state index contributed by atoms with van der Waals surface area (Å²) in [6.07, 6.45) is 1.18. The van der Waals surface area contributed by atoms with Gasteiger partial charge < -0.3 is 29.9 Å². The van der Waals surface area contributed by atoms with Crippen molar-refractivity contribution in [3.05, 3.63) is 24.0 Å². The normalized spacial score (nSPS) is 33.7. The molecule has 128 valence electrons. The second-order valence-corrected chi connectivity index (χ2v) is 6.00. The lowest BCUT2D eigenvalue weighted by molar-refractivity contribution is -0.288. The van der Waals surface area contributed by atoms with E-state index in [4.69, 9.17) is 14.6 Å². The summed E-state index contributed by atoms with van der Waals surface area (Å²) < 4.78 is 10.5. The van der Waals surface area contributed by atoms with Crippen molar-refractivity contribution in [2.24, 2.45) is 5.92 Å². The van der Waals surface area contributed by atoms with E-state index in [1.165, 1.54) is 11.8 Å². The number of rotatable bonds is 7. The largest absolute Gasteiger partial charge is 0.470 e. The fourth-order valence-corrected chi connectivity index (χ4v) is 2.17. The highest BCUT2D eigenvalue weighted by Crippen LogP contribution is 2.22. The van der Waals surface area contributed by atoms with Crippen LogP contribution in [0.15, 0.2) is 24.0 Å². The molecule has 0 bridgehead atoms. The van der Waals surface area contributed by atoms with E-state index in [2.05, 4.69) is 19.9 Å². The summed E-state index contributed by atoms with van der Waals surface area (Å²) in [6.45, 7) is 5.70. The molecular weight excluding hydrogens is 288 g/mol. The maximum Gasteiger partial charge on any atom is 0.228 e. The van der Waals surface area contributed by atoms with Gasteiger partial charge in [-0.05, 0) is 38.7 Å². The summed E-state index contributed by atoms with van der Waals surface area (Å²) in [7, 11) is 0. The molecule has 1 rings (SSSR count). The van der Waals surface area contributed by atoms with Crippen LogP contribution in [0.25, 0.3) is 0 Å². The highest BCUT2D eigenvalue weighted by molar-refractivity contribution is 4.94. The van der Waals surface area contributed by atoms with Gasteiger partial charge in [-0.3, -0.25) is 0 Å². The van der Waals surface area contributed by atoms with Crippen LogP contribution in [-0.4, -0.2) is 57.7 Å². The third-order valence-electron chi connectivity index (χ3n) is 3.64. The van der Waals surface area contributed by atoms with E-state index >= 15 is 0 Å². The maximum absolute atomic E-state index is 9.81. The molecule has 22 heavy (non-hydrogen) atoms. The van der Waals surface area contributed by atoms with Gasteiger partial charge in [0.05, 0.1) is 12.9 Å². The molecule has 6 atom stereocenters. The zero-order valence-corrected chi connectivity index (χ0v) is 13.4. The van der Waals surface area contributed by atoms with Gasteiger partial charge >= 0.3 is 0 Å². The number of hydrogen-bond acceptors (Lipinski definition) is 6. The van der Waals surface area contributed by atoms with E-state index < -0.39 is 37.3 Å². The van der Waals surface area contributed by atoms with Crippen LogP contribution in [0.5, 0.6) is 0 Å². The first-order valence-corrected chi connectivity index (χ1v) is 7.62. The van der Waals surface area contributed by atoms with E-state index in [-0.39, 0.29) is 0 Å². The molecular formula is C16H28O6. The fraction of sp³-hybridized carbons (Fsp3) is 0.750. The molecule has 0 aromatic carbocycles. The van der Waals surface area contributed by atoms with E-state index in [1.807, 2.05) is 13.0 Å². The number of aliphatic hydroxyl groups is 4.